The first kappa shape index (κ1) is 29.2. The summed E-state index contributed by atoms with van der Waals surface area (Å²) in [6.45, 7) is 5.41. The van der Waals surface area contributed by atoms with E-state index in [-0.39, 0.29) is 51.9 Å². The van der Waals surface area contributed by atoms with Crippen molar-refractivity contribution in [1.29, 1.82) is 0 Å². The molecule has 0 radical (unpaired) electrons. The van der Waals surface area contributed by atoms with Gasteiger partial charge in [-0.3, -0.25) is 14.8 Å². The zero-order chi connectivity index (χ0) is 29.6. The fourth-order valence-corrected chi connectivity index (χ4v) is 4.41. The zero-order valence-electron chi connectivity index (χ0n) is 22.6. The number of carbonyl (C=O) groups excluding carboxylic acids is 1. The number of benzene rings is 2. The van der Waals surface area contributed by atoms with Gasteiger partial charge in [-0.25, -0.2) is 13.5 Å². The highest BCUT2D eigenvalue weighted by atomic mass is 32.2. The summed E-state index contributed by atoms with van der Waals surface area (Å²) in [5.41, 5.74) is 0.748. The molecule has 16 heteroatoms. The topological polar surface area (TPSA) is 203 Å². The second kappa shape index (κ2) is 12.1. The second-order valence-electron chi connectivity index (χ2n) is 9.47. The molecule has 0 aliphatic heterocycles. The molecule has 0 unspecified atom stereocenters. The van der Waals surface area contributed by atoms with E-state index in [1.54, 1.807) is 36.4 Å². The molecular formula is C25H28N8O7S. The fourth-order valence-electron chi connectivity index (χ4n) is 3.41. The van der Waals surface area contributed by atoms with Crippen LogP contribution in [0.25, 0.3) is 0 Å². The van der Waals surface area contributed by atoms with Crippen LogP contribution in [0.4, 0.5) is 11.8 Å². The number of aliphatic hydroxyl groups is 1. The summed E-state index contributed by atoms with van der Waals surface area (Å²) in [7, 11) is -2.75. The van der Waals surface area contributed by atoms with Gasteiger partial charge < -0.3 is 19.3 Å². The average Bonchev–Trinajstić information content (AvgIpc) is 3.48. The molecule has 41 heavy (non-hydrogen) atoms. The van der Waals surface area contributed by atoms with Crippen LogP contribution < -0.4 is 24.2 Å². The molecule has 4 rings (SSSR count). The van der Waals surface area contributed by atoms with Crippen LogP contribution in [0.1, 0.15) is 37.0 Å². The molecule has 0 fully saturated rings. The molecule has 2 aromatic carbocycles. The number of nitrogens with one attached hydrogen (secondary N) is 3. The smallest absolute Gasteiger partial charge is 0.297 e. The van der Waals surface area contributed by atoms with Crippen molar-refractivity contribution in [2.24, 2.45) is 0 Å². The lowest BCUT2D eigenvalue weighted by Gasteiger charge is -2.20. The van der Waals surface area contributed by atoms with E-state index in [1.807, 2.05) is 20.8 Å². The number of H-pyrrole nitrogens is 1. The lowest BCUT2D eigenvalue weighted by Crippen LogP contribution is -2.20. The molecule has 216 valence electrons. The fraction of sp³-hybridized carbons (Fsp3) is 0.280. The van der Waals surface area contributed by atoms with E-state index in [4.69, 9.17) is 14.2 Å². The van der Waals surface area contributed by atoms with E-state index in [9.17, 15) is 18.3 Å². The van der Waals surface area contributed by atoms with Crippen molar-refractivity contribution in [1.82, 2.24) is 30.6 Å². The number of ether oxygens (including phenoxy) is 3. The number of carbonyl (C=O) groups is 1. The molecule has 2 heterocycles. The summed E-state index contributed by atoms with van der Waals surface area (Å²) in [5.74, 6) is -1.59. The Labute approximate surface area is 235 Å². The quantitative estimate of drug-likeness (QED) is 0.201. The van der Waals surface area contributed by atoms with Crippen molar-refractivity contribution in [2.45, 2.75) is 31.1 Å². The van der Waals surface area contributed by atoms with Crippen molar-refractivity contribution in [3.05, 3.63) is 59.9 Å². The number of aromatic amines is 1. The Morgan fingerprint density at radius 2 is 1.80 bits per heavy atom. The van der Waals surface area contributed by atoms with Crippen molar-refractivity contribution in [2.75, 3.05) is 30.4 Å². The summed E-state index contributed by atoms with van der Waals surface area (Å²) in [4.78, 5) is 20.8. The lowest BCUT2D eigenvalue weighted by molar-refractivity contribution is 0.101. The van der Waals surface area contributed by atoms with Crippen LogP contribution >= 0.6 is 0 Å². The maximum absolute atomic E-state index is 13.5. The van der Waals surface area contributed by atoms with Gasteiger partial charge in [-0.05, 0) is 45.7 Å². The second-order valence-corrected chi connectivity index (χ2v) is 11.1. The Hall–Kier alpha value is -4.83. The van der Waals surface area contributed by atoms with Gasteiger partial charge >= 0.3 is 0 Å². The first-order valence-corrected chi connectivity index (χ1v) is 13.6. The summed E-state index contributed by atoms with van der Waals surface area (Å²) in [5, 5.41) is 24.2. The Bertz CT molecular complexity index is 1610. The number of rotatable bonds is 11. The number of sulfonamides is 1. The number of methoxy groups -OCH3 is 1. The molecule has 15 nitrogen and oxygen atoms in total. The third-order valence-electron chi connectivity index (χ3n) is 5.47. The number of anilines is 2. The molecule has 0 aliphatic carbocycles. The van der Waals surface area contributed by atoms with Crippen LogP contribution in [0, 0.1) is 0 Å². The number of tetrazole rings is 1. The van der Waals surface area contributed by atoms with Gasteiger partial charge in [0.2, 0.25) is 17.5 Å². The highest BCUT2D eigenvalue weighted by molar-refractivity contribution is 7.92. The SMILES string of the molecule is COc1cccc(Oc2c(NS(=O)(=O)c3ccc(C(C)(C)C)cc3)nc(NC(=O)c3nnn[nH]3)nc2OCCO)c1. The van der Waals surface area contributed by atoms with E-state index >= 15 is 0 Å². The van der Waals surface area contributed by atoms with E-state index < -0.39 is 22.5 Å². The number of amides is 1. The number of nitrogens with zero attached hydrogens (tertiary/aromatic N) is 5. The number of aromatic nitrogens is 6. The van der Waals surface area contributed by atoms with Gasteiger partial charge in [0, 0.05) is 6.07 Å². The standard InChI is InChI=1S/C25H28N8O7S/c1-25(2,3)15-8-10-18(11-9-15)41(36,37)31-20-19(40-17-7-5-6-16(14-17)38-4)23(39-13-12-34)28-24(26-20)27-22(35)21-29-32-33-30-21/h5-11,14,34H,12-13H2,1-4H3,(H,29,30,32,33)(H2,26,27,28,31,35). The molecule has 0 aliphatic rings. The minimum Gasteiger partial charge on any atom is -0.497 e. The minimum atomic E-state index is -4.23. The van der Waals surface area contributed by atoms with Crippen molar-refractivity contribution >= 4 is 27.7 Å². The summed E-state index contributed by atoms with van der Waals surface area (Å²) >= 11 is 0. The molecule has 1 amide bonds. The third kappa shape index (κ3) is 7.23. The van der Waals surface area contributed by atoms with Crippen LogP contribution in [-0.2, 0) is 15.4 Å². The molecule has 0 saturated heterocycles. The van der Waals surface area contributed by atoms with Crippen molar-refractivity contribution in [3.8, 4) is 23.1 Å². The van der Waals surface area contributed by atoms with Gasteiger partial charge in [0.15, 0.2) is 5.82 Å². The van der Waals surface area contributed by atoms with Gasteiger partial charge in [-0.15, -0.1) is 5.10 Å². The molecule has 0 saturated carbocycles. The Morgan fingerprint density at radius 3 is 2.44 bits per heavy atom. The summed E-state index contributed by atoms with van der Waals surface area (Å²) in [6, 6.07) is 12.9. The van der Waals surface area contributed by atoms with E-state index in [0.29, 0.717) is 5.75 Å². The van der Waals surface area contributed by atoms with Gasteiger partial charge in [-0.2, -0.15) is 9.97 Å². The molecule has 4 aromatic rings. The third-order valence-corrected chi connectivity index (χ3v) is 6.83. The molecule has 4 N–H and O–H groups in total. The largest absolute Gasteiger partial charge is 0.497 e. The predicted molar refractivity (Wildman–Crippen MR) is 146 cm³/mol. The lowest BCUT2D eigenvalue weighted by atomic mass is 9.87. The highest BCUT2D eigenvalue weighted by Gasteiger charge is 2.26. The van der Waals surface area contributed by atoms with E-state index in [1.165, 1.54) is 19.2 Å². The number of aliphatic hydroxyl groups excluding tert-OH is 1. The maximum Gasteiger partial charge on any atom is 0.297 e. The summed E-state index contributed by atoms with van der Waals surface area (Å²) in [6.07, 6.45) is 0. The Balaban J connectivity index is 1.79. The predicted octanol–water partition coefficient (Wildman–Crippen LogP) is 2.51. The zero-order valence-corrected chi connectivity index (χ0v) is 23.4. The van der Waals surface area contributed by atoms with Crippen molar-refractivity contribution < 1.29 is 32.5 Å². The molecule has 0 bridgehead atoms. The van der Waals surface area contributed by atoms with Gasteiger partial charge in [0.1, 0.15) is 18.1 Å². The maximum atomic E-state index is 13.5. The highest BCUT2D eigenvalue weighted by Crippen LogP contribution is 2.39. The van der Waals surface area contributed by atoms with E-state index in [2.05, 4.69) is 40.6 Å². The average molecular weight is 585 g/mol. The van der Waals surface area contributed by atoms with Gasteiger partial charge in [0.05, 0.1) is 18.6 Å². The van der Waals surface area contributed by atoms with Gasteiger partial charge in [-0.1, -0.05) is 39.0 Å². The monoisotopic (exact) mass is 584 g/mol. The molecule has 2 aromatic heterocycles. The molecule has 0 spiro atoms. The van der Waals surface area contributed by atoms with Crippen LogP contribution in [0.15, 0.2) is 53.4 Å². The summed E-state index contributed by atoms with van der Waals surface area (Å²) < 4.78 is 46.1. The van der Waals surface area contributed by atoms with Crippen LogP contribution in [0.3, 0.4) is 0 Å². The Kier molecular flexibility index (Phi) is 8.63. The van der Waals surface area contributed by atoms with E-state index in [0.717, 1.165) is 5.56 Å². The molecular weight excluding hydrogens is 556 g/mol. The minimum absolute atomic E-state index is 0.0485. The first-order valence-electron chi connectivity index (χ1n) is 12.2. The van der Waals surface area contributed by atoms with Crippen LogP contribution in [0.5, 0.6) is 23.1 Å². The van der Waals surface area contributed by atoms with Gasteiger partial charge in [0.25, 0.3) is 21.8 Å². The number of hydrogen-bond acceptors (Lipinski definition) is 12. The normalized spacial score (nSPS) is 11.5. The van der Waals surface area contributed by atoms with Crippen molar-refractivity contribution in [3.63, 3.8) is 0 Å². The number of hydrogen-bond donors (Lipinski definition) is 4. The Morgan fingerprint density at radius 1 is 1.07 bits per heavy atom. The van der Waals surface area contributed by atoms with Crippen LogP contribution in [-0.4, -0.2) is 70.3 Å². The first-order chi connectivity index (χ1) is 19.5. The molecule has 0 atom stereocenters. The van der Waals surface area contributed by atoms with Crippen LogP contribution in [0.2, 0.25) is 0 Å².